The number of aryl methyl sites for hydroxylation is 2. The minimum absolute atomic E-state index is 0.216. The minimum atomic E-state index is -0.980. The summed E-state index contributed by atoms with van der Waals surface area (Å²) in [5.74, 6) is -1.96. The number of hydrogen-bond acceptors (Lipinski definition) is 7. The van der Waals surface area contributed by atoms with Gasteiger partial charge in [0.25, 0.3) is 0 Å². The van der Waals surface area contributed by atoms with Gasteiger partial charge in [-0.25, -0.2) is 28.4 Å². The predicted octanol–water partition coefficient (Wildman–Crippen LogP) is 4.82. The molecular formula is C24H34N4O4S. The van der Waals surface area contributed by atoms with E-state index in [1.165, 1.54) is 12.1 Å². The number of carbonyl (C=O) groups is 2. The molecule has 0 radical (unpaired) electrons. The molecule has 0 aliphatic carbocycles. The van der Waals surface area contributed by atoms with Crippen LogP contribution in [0.2, 0.25) is 0 Å². The quantitative estimate of drug-likeness (QED) is 0.332. The highest BCUT2D eigenvalue weighted by atomic mass is 32.2. The Balaban J connectivity index is 2.61. The third-order valence-electron chi connectivity index (χ3n) is 5.00. The maximum absolute atomic E-state index is 11.7. The summed E-state index contributed by atoms with van der Waals surface area (Å²) in [4.78, 5) is 23.3. The van der Waals surface area contributed by atoms with Gasteiger partial charge in [-0.3, -0.25) is 0 Å². The SMILES string of the molecule is CCCc1ccc(C(=O)O)cc1N(SN(c1cc(C(=O)O)ccc1CCC)N(C)C)N(C)C. The van der Waals surface area contributed by atoms with Crippen LogP contribution in [-0.2, 0) is 12.8 Å². The topological polar surface area (TPSA) is 87.6 Å². The second-order valence-corrected chi connectivity index (χ2v) is 8.97. The summed E-state index contributed by atoms with van der Waals surface area (Å²) in [6.07, 6.45) is 3.45. The number of carboxylic acids is 2. The number of hydrogen-bond donors (Lipinski definition) is 2. The van der Waals surface area contributed by atoms with Crippen LogP contribution in [0.15, 0.2) is 36.4 Å². The Hall–Kier alpha value is -2.75. The van der Waals surface area contributed by atoms with Gasteiger partial charge in [0.2, 0.25) is 0 Å². The molecule has 2 aromatic carbocycles. The van der Waals surface area contributed by atoms with Crippen LogP contribution >= 0.6 is 12.1 Å². The fourth-order valence-electron chi connectivity index (χ4n) is 3.45. The van der Waals surface area contributed by atoms with Crippen molar-refractivity contribution < 1.29 is 19.8 Å². The highest BCUT2D eigenvalue weighted by Gasteiger charge is 2.24. The first-order valence-corrected chi connectivity index (χ1v) is 11.7. The van der Waals surface area contributed by atoms with Crippen LogP contribution in [0.25, 0.3) is 0 Å². The molecule has 2 rings (SSSR count). The minimum Gasteiger partial charge on any atom is -0.478 e. The highest BCUT2D eigenvalue weighted by molar-refractivity contribution is 8.01. The molecule has 0 amide bonds. The van der Waals surface area contributed by atoms with E-state index in [1.54, 1.807) is 24.3 Å². The third kappa shape index (κ3) is 6.63. The van der Waals surface area contributed by atoms with E-state index in [1.807, 2.05) is 59.2 Å². The zero-order valence-electron chi connectivity index (χ0n) is 20.2. The molecule has 0 aliphatic heterocycles. The molecule has 2 aromatic rings. The number of benzene rings is 2. The predicted molar refractivity (Wildman–Crippen MR) is 135 cm³/mol. The van der Waals surface area contributed by atoms with E-state index in [4.69, 9.17) is 0 Å². The van der Waals surface area contributed by atoms with Crippen molar-refractivity contribution in [3.05, 3.63) is 58.7 Å². The van der Waals surface area contributed by atoms with Gasteiger partial charge in [-0.15, -0.1) is 0 Å². The average molecular weight is 475 g/mol. The number of aromatic carboxylic acids is 2. The number of nitrogens with zero attached hydrogens (tertiary/aromatic N) is 4. The van der Waals surface area contributed by atoms with Crippen molar-refractivity contribution in [2.45, 2.75) is 39.5 Å². The van der Waals surface area contributed by atoms with Crippen LogP contribution in [0.3, 0.4) is 0 Å². The van der Waals surface area contributed by atoms with Gasteiger partial charge in [0.05, 0.1) is 22.5 Å². The normalized spacial score (nSPS) is 11.2. The van der Waals surface area contributed by atoms with Crippen molar-refractivity contribution in [3.63, 3.8) is 0 Å². The zero-order chi connectivity index (χ0) is 24.7. The van der Waals surface area contributed by atoms with Crippen LogP contribution in [-0.4, -0.2) is 60.4 Å². The summed E-state index contributed by atoms with van der Waals surface area (Å²) in [5, 5.41) is 22.9. The number of carboxylic acid groups (broad SMARTS) is 2. The molecule has 180 valence electrons. The van der Waals surface area contributed by atoms with Crippen molar-refractivity contribution in [1.29, 1.82) is 0 Å². The fourth-order valence-corrected chi connectivity index (χ4v) is 4.40. The summed E-state index contributed by atoms with van der Waals surface area (Å²) in [6.45, 7) is 4.17. The molecule has 0 unspecified atom stereocenters. The lowest BCUT2D eigenvalue weighted by atomic mass is 10.1. The van der Waals surface area contributed by atoms with E-state index in [2.05, 4.69) is 13.8 Å². The van der Waals surface area contributed by atoms with E-state index in [9.17, 15) is 19.8 Å². The van der Waals surface area contributed by atoms with Crippen LogP contribution in [0.5, 0.6) is 0 Å². The van der Waals surface area contributed by atoms with Gasteiger partial charge < -0.3 is 10.2 Å². The van der Waals surface area contributed by atoms with Gasteiger partial charge in [0.1, 0.15) is 12.1 Å². The molecule has 0 saturated carbocycles. The number of anilines is 2. The zero-order valence-corrected chi connectivity index (χ0v) is 21.0. The molecule has 0 bridgehead atoms. The maximum atomic E-state index is 11.7. The number of rotatable bonds is 12. The summed E-state index contributed by atoms with van der Waals surface area (Å²) in [6, 6.07) is 10.4. The number of hydrazine groups is 2. The molecule has 0 aliphatic rings. The summed E-state index contributed by atoms with van der Waals surface area (Å²) < 4.78 is 3.86. The Morgan fingerprint density at radius 1 is 0.727 bits per heavy atom. The van der Waals surface area contributed by atoms with E-state index >= 15 is 0 Å². The molecule has 0 heterocycles. The van der Waals surface area contributed by atoms with Gasteiger partial charge >= 0.3 is 11.9 Å². The van der Waals surface area contributed by atoms with Crippen molar-refractivity contribution in [2.24, 2.45) is 0 Å². The maximum Gasteiger partial charge on any atom is 0.335 e. The smallest absolute Gasteiger partial charge is 0.335 e. The van der Waals surface area contributed by atoms with Crippen molar-refractivity contribution >= 4 is 35.4 Å². The van der Waals surface area contributed by atoms with Crippen LogP contribution in [0.1, 0.15) is 58.5 Å². The van der Waals surface area contributed by atoms with E-state index in [0.29, 0.717) is 0 Å². The Bertz CT molecular complexity index is 903. The van der Waals surface area contributed by atoms with E-state index < -0.39 is 11.9 Å². The molecule has 2 N–H and O–H groups in total. The monoisotopic (exact) mass is 474 g/mol. The fraction of sp³-hybridized carbons (Fsp3) is 0.417. The first-order valence-electron chi connectivity index (χ1n) is 11.0. The van der Waals surface area contributed by atoms with Gasteiger partial charge in [0.15, 0.2) is 0 Å². The van der Waals surface area contributed by atoms with Crippen molar-refractivity contribution in [3.8, 4) is 0 Å². The van der Waals surface area contributed by atoms with Gasteiger partial charge in [-0.1, -0.05) is 38.8 Å². The molecule has 9 heteroatoms. The molecule has 33 heavy (non-hydrogen) atoms. The lowest BCUT2D eigenvalue weighted by Crippen LogP contribution is -2.41. The van der Waals surface area contributed by atoms with Gasteiger partial charge in [-0.05, 0) is 48.2 Å². The van der Waals surface area contributed by atoms with Crippen LogP contribution in [0.4, 0.5) is 11.4 Å². The first-order chi connectivity index (χ1) is 15.6. The standard InChI is InChI=1S/C24H34N4O4S/c1-7-9-17-11-13-19(23(29)30)15-21(17)27(25(3)4)33-28(26(5)6)22-16-20(24(31)32)14-12-18(22)10-8-2/h11-16H,7-10H2,1-6H3,(H,29,30)(H,31,32). The molecular weight excluding hydrogens is 440 g/mol. The second-order valence-electron chi connectivity index (χ2n) is 8.12. The average Bonchev–Trinajstić information content (AvgIpc) is 2.75. The summed E-state index contributed by atoms with van der Waals surface area (Å²) >= 11 is 1.37. The van der Waals surface area contributed by atoms with E-state index in [-0.39, 0.29) is 11.1 Å². The lowest BCUT2D eigenvalue weighted by Gasteiger charge is -2.39. The Morgan fingerprint density at radius 2 is 1.09 bits per heavy atom. The van der Waals surface area contributed by atoms with Gasteiger partial charge in [0, 0.05) is 28.2 Å². The largest absolute Gasteiger partial charge is 0.478 e. The summed E-state index contributed by atoms with van der Waals surface area (Å²) in [5.41, 5.74) is 4.07. The third-order valence-corrected chi connectivity index (χ3v) is 6.35. The second kappa shape index (κ2) is 11.9. The van der Waals surface area contributed by atoms with Crippen molar-refractivity contribution in [2.75, 3.05) is 37.0 Å². The molecule has 8 nitrogen and oxygen atoms in total. The molecule has 0 spiro atoms. The Labute approximate surface area is 200 Å². The summed E-state index contributed by atoms with van der Waals surface area (Å²) in [7, 11) is 7.57. The first kappa shape index (κ1) is 26.5. The molecule has 0 atom stereocenters. The molecule has 0 aromatic heterocycles. The van der Waals surface area contributed by atoms with E-state index in [0.717, 1.165) is 48.2 Å². The highest BCUT2D eigenvalue weighted by Crippen LogP contribution is 2.36. The van der Waals surface area contributed by atoms with Gasteiger partial charge in [-0.2, -0.15) is 0 Å². The van der Waals surface area contributed by atoms with Crippen LogP contribution < -0.4 is 8.83 Å². The van der Waals surface area contributed by atoms with Crippen molar-refractivity contribution in [1.82, 2.24) is 10.0 Å². The Morgan fingerprint density at radius 3 is 1.36 bits per heavy atom. The van der Waals surface area contributed by atoms with Crippen LogP contribution in [0, 0.1) is 0 Å². The molecule has 0 fully saturated rings. The Kier molecular flexibility index (Phi) is 9.57. The lowest BCUT2D eigenvalue weighted by molar-refractivity contribution is 0.0686. The molecule has 0 saturated heterocycles.